The molecule has 10 aromatic rings. The molecule has 0 aliphatic carbocycles. The first-order valence-corrected chi connectivity index (χ1v) is 28.4. The van der Waals surface area contributed by atoms with E-state index in [1.54, 1.807) is 165 Å². The van der Waals surface area contributed by atoms with Crippen molar-refractivity contribution in [2.45, 2.75) is 60.2 Å². The van der Waals surface area contributed by atoms with Gasteiger partial charge in [-0.15, -0.1) is 0 Å². The van der Waals surface area contributed by atoms with E-state index in [1.165, 1.54) is 21.3 Å². The van der Waals surface area contributed by atoms with E-state index >= 15 is 0 Å². The van der Waals surface area contributed by atoms with Crippen LogP contribution in [0.4, 0.5) is 23.3 Å². The highest BCUT2D eigenvalue weighted by molar-refractivity contribution is 14.1. The summed E-state index contributed by atoms with van der Waals surface area (Å²) in [6.07, 6.45) is 28.4. The van der Waals surface area contributed by atoms with Crippen molar-refractivity contribution in [1.82, 2.24) is 65.3 Å². The Balaban J connectivity index is 0.000000211. The van der Waals surface area contributed by atoms with E-state index < -0.39 is 5.91 Å². The van der Waals surface area contributed by atoms with Gasteiger partial charge in [0, 0.05) is 80.3 Å². The van der Waals surface area contributed by atoms with E-state index in [0.717, 1.165) is 55.9 Å². The fraction of sp³-hybridized carbons (Fsp3) is 0.188. The maximum absolute atomic E-state index is 11.6. The van der Waals surface area contributed by atoms with Gasteiger partial charge in [-0.05, 0) is 120 Å². The minimum atomic E-state index is -0.554. The first-order valence-electron chi connectivity index (χ1n) is 27.4. The number of benzene rings is 4. The van der Waals surface area contributed by atoms with Gasteiger partial charge in [-0.1, -0.05) is 62.4 Å². The summed E-state index contributed by atoms with van der Waals surface area (Å²) in [4.78, 5) is 99.3. The molecule has 0 radical (unpaired) electrons. The quantitative estimate of drug-likeness (QED) is 0.0266. The number of carbonyl (C=O) groups is 4. The van der Waals surface area contributed by atoms with Crippen LogP contribution >= 0.6 is 22.6 Å². The largest absolute Gasteiger partial charge is 0.465 e. The molecule has 0 saturated heterocycles. The van der Waals surface area contributed by atoms with E-state index in [1.807, 2.05) is 73.9 Å². The minimum Gasteiger partial charge on any atom is -0.465 e. The topological polar surface area (TPSA) is 315 Å². The fourth-order valence-corrected chi connectivity index (χ4v) is 7.79. The predicted octanol–water partition coefficient (Wildman–Crippen LogP) is 9.82. The van der Waals surface area contributed by atoms with Gasteiger partial charge in [0.25, 0.3) is 5.91 Å². The molecular formula is C64H67IN16O8. The average molecular weight is 1320 g/mol. The number of methoxy groups -OCH3 is 3. The molecule has 6 aromatic heterocycles. The zero-order valence-corrected chi connectivity index (χ0v) is 52.2. The molecule has 0 spiro atoms. The Labute approximate surface area is 529 Å². The van der Waals surface area contributed by atoms with Crippen molar-refractivity contribution >= 4 is 69.7 Å². The highest BCUT2D eigenvalue weighted by Crippen LogP contribution is 2.25. The van der Waals surface area contributed by atoms with Crippen molar-refractivity contribution in [3.63, 3.8) is 0 Å². The van der Waals surface area contributed by atoms with Crippen molar-refractivity contribution in [3.8, 4) is 0 Å². The van der Waals surface area contributed by atoms with Crippen molar-refractivity contribution in [2.75, 3.05) is 31.1 Å². The first kappa shape index (κ1) is 69.3. The SMILES string of the molecule is CC.COC(=O)c1ccc(CCc2cnccn2)cc1.COC(=O)c1ccc(CN(c2cnccn2)c2cncc(C)n2)cc1.COC(=O)c1ccc(CN)cc1.Cc1cncc(N(Cc2ccc(C(=O)NO)cc2)c2cnccn2)n1.Ic1cnccn1. The van der Waals surface area contributed by atoms with E-state index in [0.29, 0.717) is 65.2 Å². The Morgan fingerprint density at radius 2 is 0.820 bits per heavy atom. The molecule has 10 rings (SSSR count). The second-order valence-electron chi connectivity index (χ2n) is 18.0. The molecule has 6 heterocycles. The van der Waals surface area contributed by atoms with Crippen molar-refractivity contribution < 1.29 is 38.6 Å². The van der Waals surface area contributed by atoms with E-state index in [4.69, 9.17) is 15.7 Å². The number of nitrogens with zero attached hydrogens (tertiary/aromatic N) is 14. The molecule has 24 nitrogen and oxygen atoms in total. The number of aromatic nitrogens is 12. The number of hydrogen-bond donors (Lipinski definition) is 3. The molecular weight excluding hydrogens is 1250 g/mol. The van der Waals surface area contributed by atoms with Gasteiger partial charge >= 0.3 is 17.9 Å². The van der Waals surface area contributed by atoms with Crippen molar-refractivity contribution in [3.05, 3.63) is 262 Å². The normalized spacial score (nSPS) is 9.87. The minimum absolute atomic E-state index is 0.310. The summed E-state index contributed by atoms with van der Waals surface area (Å²) >= 11 is 2.11. The Morgan fingerprint density at radius 1 is 0.449 bits per heavy atom. The summed E-state index contributed by atoms with van der Waals surface area (Å²) in [6, 6.07) is 28.5. The first-order chi connectivity index (χ1) is 43.3. The zero-order valence-electron chi connectivity index (χ0n) is 50.0. The van der Waals surface area contributed by atoms with E-state index in [-0.39, 0.29) is 17.9 Å². The number of ether oxygens (including phenoxy) is 3. The standard InChI is InChI=1S/C18H17N5O2.C17H16N6O2.C14H14N2O2.C9H11NO2.C4H3IN2.C2H6/c1-13-9-20-11-17(22-13)23(16-10-19-7-8-21-16)12-14-3-5-15(6-4-14)18(24)25-2;1-12-8-19-10-16(21-12)23(15-9-18-6-7-20-15)11-13-2-4-14(5-3-13)17(24)22-25;1-18-14(17)12-5-2-11(3-6-12)4-7-13-10-15-8-9-16-13;1-12-9(11)8-4-2-7(6-10)3-5-8;5-4-3-6-1-2-7-4;1-2/h3-11H,12H2,1-2H3;2-10,25H,11H2,1H3,(H,22,24);2-3,5-6,8-10H,4,7H2,1H3;2-5H,6,10H2,1H3;1-3H;1-2H3. The van der Waals surface area contributed by atoms with Crippen LogP contribution in [0.15, 0.2) is 196 Å². The number of carbonyl (C=O) groups excluding carboxylic acids is 4. The van der Waals surface area contributed by atoms with Gasteiger partial charge < -0.3 is 29.7 Å². The third-order valence-electron chi connectivity index (χ3n) is 11.9. The molecule has 0 aliphatic heterocycles. The summed E-state index contributed by atoms with van der Waals surface area (Å²) < 4.78 is 14.8. The summed E-state index contributed by atoms with van der Waals surface area (Å²) in [5, 5.41) is 8.69. The van der Waals surface area contributed by atoms with Crippen LogP contribution in [0.3, 0.4) is 0 Å². The summed E-state index contributed by atoms with van der Waals surface area (Å²) in [5.74, 6) is 1.09. The second kappa shape index (κ2) is 38.5. The van der Waals surface area contributed by atoms with Crippen LogP contribution in [-0.2, 0) is 46.7 Å². The number of halogens is 1. The summed E-state index contributed by atoms with van der Waals surface area (Å²) in [7, 11) is 4.10. The fourth-order valence-electron chi connectivity index (χ4n) is 7.47. The lowest BCUT2D eigenvalue weighted by molar-refractivity contribution is 0.0592. The van der Waals surface area contributed by atoms with Crippen LogP contribution in [0.5, 0.6) is 0 Å². The number of anilines is 4. The molecule has 0 unspecified atom stereocenters. The summed E-state index contributed by atoms with van der Waals surface area (Å²) in [6.45, 7) is 9.22. The zero-order chi connectivity index (χ0) is 64.2. The third-order valence-corrected chi connectivity index (χ3v) is 12.4. The number of hydrogen-bond acceptors (Lipinski definition) is 23. The average Bonchev–Trinajstić information content (AvgIpc) is 3.55. The van der Waals surface area contributed by atoms with Crippen molar-refractivity contribution in [1.29, 1.82) is 0 Å². The Hall–Kier alpha value is -10.5. The molecule has 89 heavy (non-hydrogen) atoms. The molecule has 0 aliphatic rings. The molecule has 0 bridgehead atoms. The van der Waals surface area contributed by atoms with Gasteiger partial charge in [0.15, 0.2) is 23.3 Å². The third kappa shape index (κ3) is 23.7. The smallest absolute Gasteiger partial charge is 0.337 e. The number of rotatable bonds is 16. The summed E-state index contributed by atoms with van der Waals surface area (Å²) in [5.41, 5.74) is 15.7. The number of amides is 1. The van der Waals surface area contributed by atoms with Crippen LogP contribution in [0.1, 0.15) is 94.6 Å². The molecule has 25 heteroatoms. The Morgan fingerprint density at radius 3 is 1.15 bits per heavy atom. The van der Waals surface area contributed by atoms with E-state index in [9.17, 15) is 19.2 Å². The maximum Gasteiger partial charge on any atom is 0.337 e. The monoisotopic (exact) mass is 1310 g/mol. The van der Waals surface area contributed by atoms with E-state index in [2.05, 4.69) is 91.9 Å². The van der Waals surface area contributed by atoms with Crippen LogP contribution < -0.4 is 21.0 Å². The highest BCUT2D eigenvalue weighted by Gasteiger charge is 2.17. The van der Waals surface area contributed by atoms with Gasteiger partial charge in [-0.3, -0.25) is 44.9 Å². The van der Waals surface area contributed by atoms with Gasteiger partial charge in [-0.25, -0.2) is 44.8 Å². The van der Waals surface area contributed by atoms with Gasteiger partial charge in [0.1, 0.15) is 3.70 Å². The van der Waals surface area contributed by atoms with Crippen LogP contribution in [0.25, 0.3) is 0 Å². The van der Waals surface area contributed by atoms with Gasteiger partial charge in [0.05, 0.1) is 99.2 Å². The molecule has 0 atom stereocenters. The molecule has 458 valence electrons. The number of esters is 3. The van der Waals surface area contributed by atoms with Crippen molar-refractivity contribution in [2.24, 2.45) is 5.73 Å². The lowest BCUT2D eigenvalue weighted by Gasteiger charge is -2.22. The molecule has 0 fully saturated rings. The number of nitrogens with one attached hydrogen (secondary N) is 1. The Kier molecular flexibility index (Phi) is 30.0. The van der Waals surface area contributed by atoms with Gasteiger partial charge in [-0.2, -0.15) is 0 Å². The molecule has 4 N–H and O–H groups in total. The van der Waals surface area contributed by atoms with Gasteiger partial charge in [0.2, 0.25) is 0 Å². The van der Waals surface area contributed by atoms with Crippen LogP contribution in [0.2, 0.25) is 0 Å². The second-order valence-corrected chi connectivity index (χ2v) is 19.1. The maximum atomic E-state index is 11.6. The molecule has 0 saturated carbocycles. The number of hydroxylamine groups is 1. The lowest BCUT2D eigenvalue weighted by Crippen LogP contribution is -2.20. The molecule has 1 amide bonds. The predicted molar refractivity (Wildman–Crippen MR) is 342 cm³/mol. The Bertz CT molecular complexity index is 3540. The van der Waals surface area contributed by atoms with Crippen LogP contribution in [0, 0.1) is 17.5 Å². The highest BCUT2D eigenvalue weighted by atomic mass is 127. The number of nitrogens with two attached hydrogens (primary N) is 1. The number of aryl methyl sites for hydroxylation is 4. The van der Waals surface area contributed by atoms with Crippen LogP contribution in [-0.4, -0.2) is 110 Å². The molecule has 4 aromatic carbocycles. The lowest BCUT2D eigenvalue weighted by atomic mass is 10.1.